The molecule has 0 aliphatic rings. The van der Waals surface area contributed by atoms with E-state index in [0.29, 0.717) is 10.7 Å². The maximum absolute atomic E-state index is 12.2. The largest absolute Gasteiger partial charge is 0.507 e. The van der Waals surface area contributed by atoms with E-state index in [1.807, 2.05) is 24.3 Å². The first kappa shape index (κ1) is 15.8. The van der Waals surface area contributed by atoms with Crippen molar-refractivity contribution in [2.45, 2.75) is 0 Å². The summed E-state index contributed by atoms with van der Waals surface area (Å²) in [4.78, 5) is 24.2. The first-order chi connectivity index (χ1) is 11.5. The molecule has 3 rings (SSSR count). The minimum Gasteiger partial charge on any atom is -0.507 e. The number of carbonyl (C=O) groups is 2. The Bertz CT molecular complexity index is 940. The van der Waals surface area contributed by atoms with Gasteiger partial charge in [-0.05, 0) is 35.0 Å². The van der Waals surface area contributed by atoms with Crippen LogP contribution in [0.3, 0.4) is 0 Å². The number of anilines is 1. The number of amides is 3. The number of hydrogen-bond donors (Lipinski definition) is 3. The van der Waals surface area contributed by atoms with Crippen LogP contribution < -0.4 is 10.6 Å². The van der Waals surface area contributed by atoms with Gasteiger partial charge in [0.15, 0.2) is 0 Å². The van der Waals surface area contributed by atoms with Crippen molar-refractivity contribution in [3.63, 3.8) is 0 Å². The van der Waals surface area contributed by atoms with E-state index in [-0.39, 0.29) is 11.3 Å². The van der Waals surface area contributed by atoms with E-state index < -0.39 is 11.9 Å². The fourth-order valence-electron chi connectivity index (χ4n) is 2.30. The van der Waals surface area contributed by atoms with E-state index in [0.717, 1.165) is 10.8 Å². The number of para-hydroxylation sites is 1. The van der Waals surface area contributed by atoms with Crippen molar-refractivity contribution in [3.05, 3.63) is 71.2 Å². The molecule has 3 amide bonds. The second-order valence-corrected chi connectivity index (χ2v) is 5.51. The number of phenolic OH excluding ortho intramolecular Hbond substituents is 1. The van der Waals surface area contributed by atoms with Gasteiger partial charge in [-0.2, -0.15) is 0 Å². The lowest BCUT2D eigenvalue weighted by molar-refractivity contribution is 0.0964. The molecule has 0 bridgehead atoms. The molecule has 0 fully saturated rings. The Morgan fingerprint density at radius 2 is 1.54 bits per heavy atom. The quantitative estimate of drug-likeness (QED) is 0.655. The van der Waals surface area contributed by atoms with Gasteiger partial charge in [0.25, 0.3) is 5.91 Å². The van der Waals surface area contributed by atoms with Crippen LogP contribution in [0.25, 0.3) is 10.8 Å². The molecule has 120 valence electrons. The highest BCUT2D eigenvalue weighted by Crippen LogP contribution is 2.25. The van der Waals surface area contributed by atoms with Crippen LogP contribution in [0.5, 0.6) is 5.75 Å². The number of benzene rings is 3. The molecule has 0 saturated heterocycles. The summed E-state index contributed by atoms with van der Waals surface area (Å²) < 4.78 is 0. The number of fused-ring (bicyclic) bond motifs is 1. The second-order valence-electron chi connectivity index (χ2n) is 5.10. The van der Waals surface area contributed by atoms with E-state index in [1.54, 1.807) is 24.3 Å². The number of hydrogen-bond acceptors (Lipinski definition) is 3. The first-order valence-corrected chi connectivity index (χ1v) is 7.51. The van der Waals surface area contributed by atoms with Crippen LogP contribution >= 0.6 is 11.6 Å². The molecule has 0 heterocycles. The summed E-state index contributed by atoms with van der Waals surface area (Å²) >= 11 is 5.95. The minimum atomic E-state index is -0.736. The lowest BCUT2D eigenvalue weighted by Gasteiger charge is -2.09. The third kappa shape index (κ3) is 3.31. The average molecular weight is 341 g/mol. The van der Waals surface area contributed by atoms with Gasteiger partial charge in [0, 0.05) is 0 Å². The van der Waals surface area contributed by atoms with Crippen molar-refractivity contribution in [1.29, 1.82) is 0 Å². The van der Waals surface area contributed by atoms with Crippen molar-refractivity contribution < 1.29 is 14.7 Å². The first-order valence-electron chi connectivity index (χ1n) is 7.13. The van der Waals surface area contributed by atoms with Crippen LogP contribution in [0.2, 0.25) is 5.02 Å². The number of phenols is 1. The number of halogens is 1. The average Bonchev–Trinajstić information content (AvgIpc) is 2.56. The molecule has 3 aromatic rings. The van der Waals surface area contributed by atoms with Gasteiger partial charge >= 0.3 is 6.03 Å². The van der Waals surface area contributed by atoms with Crippen LogP contribution in [0.15, 0.2) is 60.7 Å². The highest BCUT2D eigenvalue weighted by molar-refractivity contribution is 6.33. The van der Waals surface area contributed by atoms with Gasteiger partial charge in [-0.25, -0.2) is 4.79 Å². The molecule has 0 atom stereocenters. The van der Waals surface area contributed by atoms with E-state index in [1.165, 1.54) is 12.1 Å². The van der Waals surface area contributed by atoms with Gasteiger partial charge < -0.3 is 10.4 Å². The number of nitrogens with one attached hydrogen (secondary N) is 2. The lowest BCUT2D eigenvalue weighted by Crippen LogP contribution is -2.34. The van der Waals surface area contributed by atoms with Crippen LogP contribution in [-0.2, 0) is 0 Å². The fraction of sp³-hybridized carbons (Fsp3) is 0. The summed E-state index contributed by atoms with van der Waals surface area (Å²) in [6.07, 6.45) is 0. The third-order valence-corrected chi connectivity index (χ3v) is 3.79. The topological polar surface area (TPSA) is 78.4 Å². The highest BCUT2D eigenvalue weighted by atomic mass is 35.5. The lowest BCUT2D eigenvalue weighted by atomic mass is 10.1. The van der Waals surface area contributed by atoms with Crippen LogP contribution in [0.1, 0.15) is 10.4 Å². The number of urea groups is 1. The molecule has 0 radical (unpaired) electrons. The summed E-state index contributed by atoms with van der Waals surface area (Å²) in [7, 11) is 0. The molecule has 24 heavy (non-hydrogen) atoms. The minimum absolute atomic E-state index is 0.0167. The Balaban J connectivity index is 1.78. The number of carbonyl (C=O) groups excluding carboxylic acids is 2. The molecule has 0 spiro atoms. The number of imide groups is 1. The molecule has 0 aliphatic carbocycles. The standard InChI is InChI=1S/C18H13ClN2O3/c19-14-7-3-4-8-15(14)20-18(24)21-17(23)13-9-11-5-1-2-6-12(11)10-16(13)22/h1-10,22H,(H2,20,21,23,24). The molecular weight excluding hydrogens is 328 g/mol. The van der Waals surface area contributed by atoms with Gasteiger partial charge in [0.1, 0.15) is 5.75 Å². The summed E-state index contributed by atoms with van der Waals surface area (Å²) in [6.45, 7) is 0. The second kappa shape index (κ2) is 6.60. The van der Waals surface area contributed by atoms with Gasteiger partial charge in [-0.15, -0.1) is 0 Å². The third-order valence-electron chi connectivity index (χ3n) is 3.46. The molecular formula is C18H13ClN2O3. The van der Waals surface area contributed by atoms with Crippen molar-refractivity contribution in [1.82, 2.24) is 5.32 Å². The van der Waals surface area contributed by atoms with Crippen molar-refractivity contribution >= 4 is 40.0 Å². The summed E-state index contributed by atoms with van der Waals surface area (Å²) in [6, 6.07) is 16.2. The van der Waals surface area contributed by atoms with E-state index in [4.69, 9.17) is 11.6 Å². The molecule has 0 saturated carbocycles. The summed E-state index contributed by atoms with van der Waals surface area (Å²) in [5, 5.41) is 16.6. The van der Waals surface area contributed by atoms with Crippen LogP contribution in [-0.4, -0.2) is 17.0 Å². The van der Waals surface area contributed by atoms with Gasteiger partial charge in [0.2, 0.25) is 0 Å². The Labute approximate surface area is 142 Å². The molecule has 6 heteroatoms. The molecule has 3 aromatic carbocycles. The van der Waals surface area contributed by atoms with Crippen LogP contribution in [0, 0.1) is 0 Å². The monoisotopic (exact) mass is 340 g/mol. The molecule has 0 unspecified atom stereocenters. The fourth-order valence-corrected chi connectivity index (χ4v) is 2.48. The Morgan fingerprint density at radius 1 is 0.917 bits per heavy atom. The summed E-state index contributed by atoms with van der Waals surface area (Å²) in [5.41, 5.74) is 0.398. The molecule has 5 nitrogen and oxygen atoms in total. The Morgan fingerprint density at radius 3 is 2.25 bits per heavy atom. The van der Waals surface area contributed by atoms with Crippen molar-refractivity contribution in [2.75, 3.05) is 5.32 Å². The number of aromatic hydroxyl groups is 1. The van der Waals surface area contributed by atoms with E-state index >= 15 is 0 Å². The predicted octanol–water partition coefficient (Wildman–Crippen LogP) is 4.16. The van der Waals surface area contributed by atoms with Crippen molar-refractivity contribution in [2.24, 2.45) is 0 Å². The molecule has 3 N–H and O–H groups in total. The maximum Gasteiger partial charge on any atom is 0.326 e. The van der Waals surface area contributed by atoms with E-state index in [2.05, 4.69) is 10.6 Å². The smallest absolute Gasteiger partial charge is 0.326 e. The zero-order valence-corrected chi connectivity index (χ0v) is 13.2. The maximum atomic E-state index is 12.2. The highest BCUT2D eigenvalue weighted by Gasteiger charge is 2.16. The number of rotatable bonds is 2. The SMILES string of the molecule is O=C(NC(=O)c1cc2ccccc2cc1O)Nc1ccccc1Cl. The van der Waals surface area contributed by atoms with Gasteiger partial charge in [-0.3, -0.25) is 10.1 Å². The van der Waals surface area contributed by atoms with Crippen LogP contribution in [0.4, 0.5) is 10.5 Å². The van der Waals surface area contributed by atoms with Gasteiger partial charge in [0.05, 0.1) is 16.3 Å². The zero-order chi connectivity index (χ0) is 17.1. The normalized spacial score (nSPS) is 10.4. The summed E-state index contributed by atoms with van der Waals surface area (Å²) in [5.74, 6) is -0.903. The Kier molecular flexibility index (Phi) is 4.35. The van der Waals surface area contributed by atoms with Crippen molar-refractivity contribution in [3.8, 4) is 5.75 Å². The van der Waals surface area contributed by atoms with E-state index in [9.17, 15) is 14.7 Å². The molecule has 0 aliphatic heterocycles. The zero-order valence-electron chi connectivity index (χ0n) is 12.4. The van der Waals surface area contributed by atoms with Gasteiger partial charge in [-0.1, -0.05) is 48.0 Å². The molecule has 0 aromatic heterocycles. The Hall–Kier alpha value is -3.05. The predicted molar refractivity (Wildman–Crippen MR) is 93.5 cm³/mol.